The number of hydrogen-bond donors (Lipinski definition) is 1. The molecule has 4 aliphatic carbocycles. The van der Waals surface area contributed by atoms with Gasteiger partial charge >= 0.3 is 5.97 Å². The first-order valence-electron chi connectivity index (χ1n) is 13.5. The van der Waals surface area contributed by atoms with Crippen LogP contribution in [0.25, 0.3) is 0 Å². The second-order valence-corrected chi connectivity index (χ2v) is 12.7. The molecule has 1 N–H and O–H groups in total. The molecule has 4 fully saturated rings. The average molecular weight is 546 g/mol. The Balaban J connectivity index is 1.41. The normalized spacial score (nSPS) is 45.6. The molecule has 204 valence electrons. The number of benzene rings is 1. The van der Waals surface area contributed by atoms with Gasteiger partial charge in [-0.3, -0.25) is 14.5 Å². The van der Waals surface area contributed by atoms with E-state index in [0.29, 0.717) is 26.1 Å². The fraction of sp³-hybridized carbons (Fsp3) is 0.600. The van der Waals surface area contributed by atoms with Crippen LogP contribution in [-0.4, -0.2) is 58.9 Å². The van der Waals surface area contributed by atoms with E-state index in [1.54, 1.807) is 6.92 Å². The van der Waals surface area contributed by atoms with Crippen LogP contribution in [0.5, 0.6) is 0 Å². The van der Waals surface area contributed by atoms with Crippen molar-refractivity contribution in [3.05, 3.63) is 59.7 Å². The number of aliphatic hydroxyl groups excluding tert-OH is 1. The van der Waals surface area contributed by atoms with E-state index in [0.717, 1.165) is 5.56 Å². The Morgan fingerprint density at radius 3 is 2.66 bits per heavy atom. The topological polar surface area (TPSA) is 66.8 Å². The first-order valence-corrected chi connectivity index (χ1v) is 14.0. The number of rotatable bonds is 4. The third-order valence-electron chi connectivity index (χ3n) is 11.0. The van der Waals surface area contributed by atoms with E-state index in [4.69, 9.17) is 16.3 Å². The Morgan fingerprint density at radius 1 is 1.21 bits per heavy atom. The van der Waals surface area contributed by atoms with E-state index < -0.39 is 46.1 Å². The number of fused-ring (bicyclic) bond motifs is 7. The zero-order chi connectivity index (χ0) is 27.1. The fourth-order valence-electron chi connectivity index (χ4n) is 9.35. The fourth-order valence-corrected chi connectivity index (χ4v) is 9.45. The summed E-state index contributed by atoms with van der Waals surface area (Å²) in [6.07, 6.45) is 1.43. The Morgan fingerprint density at radius 2 is 1.95 bits per heavy atom. The van der Waals surface area contributed by atoms with Gasteiger partial charge in [-0.15, -0.1) is 0 Å². The zero-order valence-electron chi connectivity index (χ0n) is 21.7. The molecule has 1 unspecified atom stereocenters. The highest BCUT2D eigenvalue weighted by Crippen LogP contribution is 2.74. The Labute approximate surface area is 226 Å². The summed E-state index contributed by atoms with van der Waals surface area (Å²) in [5.41, 5.74) is -4.19. The summed E-state index contributed by atoms with van der Waals surface area (Å²) in [6.45, 7) is 5.25. The molecule has 0 aromatic heterocycles. The van der Waals surface area contributed by atoms with Gasteiger partial charge in [-0.05, 0) is 66.7 Å². The molecule has 1 aromatic carbocycles. The maximum atomic E-state index is 17.5. The molecule has 3 saturated carbocycles. The molecule has 1 heterocycles. The number of likely N-dealkylation sites (tertiary alicyclic amines) is 1. The van der Waals surface area contributed by atoms with Gasteiger partial charge in [-0.2, -0.15) is 0 Å². The minimum Gasteiger partial charge on any atom is -0.449 e. The highest BCUT2D eigenvalue weighted by atomic mass is 35.5. The number of aliphatic hydroxyl groups is 1. The zero-order valence-corrected chi connectivity index (χ0v) is 22.5. The number of hydrogen-bond acceptors (Lipinski definition) is 5. The van der Waals surface area contributed by atoms with Crippen molar-refractivity contribution in [1.82, 2.24) is 4.90 Å². The van der Waals surface area contributed by atoms with Crippen LogP contribution in [0.4, 0.5) is 8.78 Å². The standard InChI is InChI=1S/C30H34ClF2NO4/c1-27-9-8-20(35)11-23(27)24(32)12-22-21-10-19-15-34(14-18-6-4-3-5-7-18)16-29(19,26(37)38-17-31)28(21,2)13-25(36)30(22,27)33/h3-9,11,19,21-22,24-25,36H,10,12-17H2,1-2H3/t19-,21-,22?,24-,25-,27-,28-,29+,30-/m0/s1. The molecule has 1 aromatic rings. The smallest absolute Gasteiger partial charge is 0.315 e. The summed E-state index contributed by atoms with van der Waals surface area (Å²) in [5.74, 6) is -2.09. The number of carbonyl (C=O) groups excluding carboxylic acids is 2. The summed E-state index contributed by atoms with van der Waals surface area (Å²) in [5, 5.41) is 11.6. The Kier molecular flexibility index (Phi) is 5.99. The van der Waals surface area contributed by atoms with Gasteiger partial charge in [0.2, 0.25) is 0 Å². The van der Waals surface area contributed by atoms with Crippen molar-refractivity contribution in [2.45, 2.75) is 57.6 Å². The Bertz CT molecular complexity index is 1220. The van der Waals surface area contributed by atoms with Crippen molar-refractivity contribution in [3.8, 4) is 0 Å². The highest BCUT2D eigenvalue weighted by molar-refractivity contribution is 6.17. The van der Waals surface area contributed by atoms with Crippen molar-refractivity contribution in [2.75, 3.05) is 19.2 Å². The molecule has 8 heteroatoms. The number of halogens is 3. The van der Waals surface area contributed by atoms with Crippen LogP contribution in [0, 0.1) is 34.0 Å². The molecule has 0 bridgehead atoms. The largest absolute Gasteiger partial charge is 0.449 e. The molecule has 6 rings (SSSR count). The summed E-state index contributed by atoms with van der Waals surface area (Å²) in [6, 6.07) is 9.71. The van der Waals surface area contributed by atoms with E-state index in [2.05, 4.69) is 4.90 Å². The van der Waals surface area contributed by atoms with Crippen LogP contribution < -0.4 is 0 Å². The summed E-state index contributed by atoms with van der Waals surface area (Å²) in [4.78, 5) is 28.1. The minimum atomic E-state index is -2.16. The van der Waals surface area contributed by atoms with Crippen LogP contribution in [0.3, 0.4) is 0 Å². The molecule has 9 atom stereocenters. The van der Waals surface area contributed by atoms with Crippen LogP contribution >= 0.6 is 11.6 Å². The van der Waals surface area contributed by atoms with Gasteiger partial charge < -0.3 is 9.84 Å². The predicted octanol–water partition coefficient (Wildman–Crippen LogP) is 4.77. The van der Waals surface area contributed by atoms with E-state index in [1.807, 2.05) is 37.3 Å². The van der Waals surface area contributed by atoms with Crippen LogP contribution in [0.15, 0.2) is 54.1 Å². The van der Waals surface area contributed by atoms with E-state index in [9.17, 15) is 14.7 Å². The Hall–Kier alpha value is -2.09. The predicted molar refractivity (Wildman–Crippen MR) is 138 cm³/mol. The number of ether oxygens (including phenoxy) is 1. The van der Waals surface area contributed by atoms with Gasteiger partial charge in [0.05, 0.1) is 11.5 Å². The van der Waals surface area contributed by atoms with Gasteiger partial charge in [0.25, 0.3) is 0 Å². The minimum absolute atomic E-state index is 0.0410. The summed E-state index contributed by atoms with van der Waals surface area (Å²) < 4.78 is 38.7. The molecule has 0 radical (unpaired) electrons. The number of esters is 1. The molecule has 1 saturated heterocycles. The highest BCUT2D eigenvalue weighted by Gasteiger charge is 2.78. The van der Waals surface area contributed by atoms with Crippen molar-refractivity contribution < 1.29 is 28.2 Å². The molecular formula is C30H34ClF2NO4. The second kappa shape index (κ2) is 8.70. The van der Waals surface area contributed by atoms with E-state index >= 15 is 8.78 Å². The van der Waals surface area contributed by atoms with Gasteiger partial charge in [0, 0.05) is 31.0 Å². The lowest BCUT2D eigenvalue weighted by atomic mass is 9.43. The quantitative estimate of drug-likeness (QED) is 0.436. The van der Waals surface area contributed by atoms with Crippen molar-refractivity contribution >= 4 is 23.4 Å². The first kappa shape index (κ1) is 26.1. The number of nitrogens with zero attached hydrogens (tertiary/aromatic N) is 1. The monoisotopic (exact) mass is 545 g/mol. The lowest BCUT2D eigenvalue weighted by Crippen LogP contribution is -2.69. The van der Waals surface area contributed by atoms with Crippen LogP contribution in [0.2, 0.25) is 0 Å². The van der Waals surface area contributed by atoms with Gasteiger partial charge in [0.15, 0.2) is 17.5 Å². The van der Waals surface area contributed by atoms with Gasteiger partial charge in [0.1, 0.15) is 6.17 Å². The molecule has 1 aliphatic heterocycles. The third kappa shape index (κ3) is 3.21. The molecule has 0 spiro atoms. The van der Waals surface area contributed by atoms with Crippen LogP contribution in [-0.2, 0) is 20.9 Å². The lowest BCUT2D eigenvalue weighted by molar-refractivity contribution is -0.216. The van der Waals surface area contributed by atoms with Crippen molar-refractivity contribution in [3.63, 3.8) is 0 Å². The summed E-state index contributed by atoms with van der Waals surface area (Å²) >= 11 is 5.88. The van der Waals surface area contributed by atoms with Crippen molar-refractivity contribution in [1.29, 1.82) is 0 Å². The van der Waals surface area contributed by atoms with E-state index in [-0.39, 0.29) is 42.1 Å². The molecule has 5 aliphatic rings. The molecule has 5 nitrogen and oxygen atoms in total. The molecule has 0 amide bonds. The number of allylic oxidation sites excluding steroid dienone is 4. The number of carbonyl (C=O) groups is 2. The maximum absolute atomic E-state index is 17.5. The van der Waals surface area contributed by atoms with E-state index in [1.165, 1.54) is 18.2 Å². The van der Waals surface area contributed by atoms with Crippen LogP contribution in [0.1, 0.15) is 38.7 Å². The number of ketones is 1. The molecule has 38 heavy (non-hydrogen) atoms. The lowest BCUT2D eigenvalue weighted by Gasteiger charge is -2.63. The second-order valence-electron chi connectivity index (χ2n) is 12.5. The average Bonchev–Trinajstić information content (AvgIpc) is 3.35. The maximum Gasteiger partial charge on any atom is 0.315 e. The summed E-state index contributed by atoms with van der Waals surface area (Å²) in [7, 11) is 0. The van der Waals surface area contributed by atoms with Gasteiger partial charge in [-0.25, -0.2) is 8.78 Å². The van der Waals surface area contributed by atoms with Gasteiger partial charge in [-0.1, -0.05) is 54.9 Å². The third-order valence-corrected chi connectivity index (χ3v) is 11.1. The molecular weight excluding hydrogens is 512 g/mol. The first-order chi connectivity index (χ1) is 18.0. The van der Waals surface area contributed by atoms with Crippen molar-refractivity contribution in [2.24, 2.45) is 34.0 Å². The number of alkyl halides is 3. The SMILES string of the molecule is C[C@]12C=CC(=O)C=C1[C@@H](F)CC1[C@@H]3C[C@H]4CN(Cc5ccccc5)C[C@@]4(C(=O)OCCl)[C@@]3(C)C[C@H](O)[C@@]12F.